The summed E-state index contributed by atoms with van der Waals surface area (Å²) < 4.78 is 6.34. The summed E-state index contributed by atoms with van der Waals surface area (Å²) >= 11 is 1.20. The summed E-state index contributed by atoms with van der Waals surface area (Å²) in [7, 11) is 1.62. The number of hydrogen-bond acceptors (Lipinski definition) is 6. The lowest BCUT2D eigenvalue weighted by molar-refractivity contribution is -0.134. The number of aromatic nitrogens is 2. The van der Waals surface area contributed by atoms with Crippen molar-refractivity contribution in [3.63, 3.8) is 0 Å². The third kappa shape index (κ3) is 4.89. The summed E-state index contributed by atoms with van der Waals surface area (Å²) in [6.45, 7) is 8.52. The normalized spacial score (nSPS) is 19.3. The van der Waals surface area contributed by atoms with Gasteiger partial charge in [-0.15, -0.1) is 11.3 Å². The van der Waals surface area contributed by atoms with Gasteiger partial charge in [0.1, 0.15) is 11.4 Å². The third-order valence-electron chi connectivity index (χ3n) is 5.46. The number of hydrogen-bond donors (Lipinski definition) is 1. The van der Waals surface area contributed by atoms with Crippen LogP contribution in [0.1, 0.15) is 41.9 Å². The Morgan fingerprint density at radius 3 is 2.67 bits per heavy atom. The zero-order valence-electron chi connectivity index (χ0n) is 18.1. The van der Waals surface area contributed by atoms with Gasteiger partial charge in [0.15, 0.2) is 0 Å². The van der Waals surface area contributed by atoms with Gasteiger partial charge in [0.25, 0.3) is 11.5 Å². The van der Waals surface area contributed by atoms with Gasteiger partial charge in [0.2, 0.25) is 5.91 Å². The number of nitrogens with one attached hydrogen (secondary N) is 1. The minimum Gasteiger partial charge on any atom is -0.385 e. The molecule has 0 radical (unpaired) electrons. The lowest BCUT2D eigenvalue weighted by Crippen LogP contribution is -2.44. The van der Waals surface area contributed by atoms with Gasteiger partial charge in [-0.2, -0.15) is 0 Å². The van der Waals surface area contributed by atoms with Crippen LogP contribution < -0.4 is 10.9 Å². The van der Waals surface area contributed by atoms with Crippen molar-refractivity contribution in [3.05, 3.63) is 27.1 Å². The molecule has 3 rings (SSSR count). The van der Waals surface area contributed by atoms with E-state index in [1.54, 1.807) is 14.0 Å². The predicted molar refractivity (Wildman–Crippen MR) is 117 cm³/mol. The first kappa shape index (κ1) is 22.4. The first-order valence-electron chi connectivity index (χ1n) is 10.3. The highest BCUT2D eigenvalue weighted by atomic mass is 32.1. The molecule has 8 nitrogen and oxygen atoms in total. The third-order valence-corrected chi connectivity index (χ3v) is 6.66. The average Bonchev–Trinajstić information content (AvgIpc) is 3.04. The van der Waals surface area contributed by atoms with Crippen LogP contribution in [0, 0.1) is 18.8 Å². The minimum absolute atomic E-state index is 0.0327. The Hall–Kier alpha value is -2.26. The second-order valence-corrected chi connectivity index (χ2v) is 9.26. The van der Waals surface area contributed by atoms with E-state index >= 15 is 0 Å². The standard InChI is InChI=1S/C21H30N4O4S/c1-13-8-14(2)10-24(9-13)16(26)11-25-12-23-20-17(21(25)28)15(3)18(30-20)19(27)22-6-5-7-29-4/h12-14H,5-11H2,1-4H3,(H,22,27). The molecule has 2 amide bonds. The molecule has 1 fully saturated rings. The van der Waals surface area contributed by atoms with E-state index in [0.717, 1.165) is 19.5 Å². The summed E-state index contributed by atoms with van der Waals surface area (Å²) in [5.41, 5.74) is 0.331. The van der Waals surface area contributed by atoms with Crippen LogP contribution in [0.2, 0.25) is 0 Å². The molecule has 3 heterocycles. The molecule has 1 aliphatic rings. The van der Waals surface area contributed by atoms with Crippen molar-refractivity contribution in [2.75, 3.05) is 33.4 Å². The molecule has 9 heteroatoms. The molecule has 0 aromatic carbocycles. The number of ether oxygens (including phenoxy) is 1. The summed E-state index contributed by atoms with van der Waals surface area (Å²) in [6.07, 6.45) is 3.24. The zero-order chi connectivity index (χ0) is 21.8. The lowest BCUT2D eigenvalue weighted by Gasteiger charge is -2.35. The van der Waals surface area contributed by atoms with Gasteiger partial charge in [-0.1, -0.05) is 13.8 Å². The number of methoxy groups -OCH3 is 1. The second-order valence-electron chi connectivity index (χ2n) is 8.26. The molecule has 164 valence electrons. The molecule has 0 saturated carbocycles. The van der Waals surface area contributed by atoms with Crippen LogP contribution in [0.15, 0.2) is 11.1 Å². The number of fused-ring (bicyclic) bond motifs is 1. The van der Waals surface area contributed by atoms with Crippen molar-refractivity contribution in [1.29, 1.82) is 0 Å². The number of piperidine rings is 1. The van der Waals surface area contributed by atoms with E-state index in [1.165, 1.54) is 22.2 Å². The number of nitrogens with zero attached hydrogens (tertiary/aromatic N) is 3. The molecule has 0 bridgehead atoms. The molecule has 2 aromatic rings. The van der Waals surface area contributed by atoms with Crippen LogP contribution in [0.4, 0.5) is 0 Å². The van der Waals surface area contributed by atoms with Crippen molar-refractivity contribution in [1.82, 2.24) is 19.8 Å². The molecular formula is C21H30N4O4S. The molecule has 1 N–H and O–H groups in total. The second kappa shape index (κ2) is 9.70. The smallest absolute Gasteiger partial charge is 0.262 e. The first-order chi connectivity index (χ1) is 14.3. The average molecular weight is 435 g/mol. The molecule has 2 atom stereocenters. The number of thiophene rings is 1. The van der Waals surface area contributed by atoms with Gasteiger partial charge in [-0.3, -0.25) is 19.0 Å². The van der Waals surface area contributed by atoms with E-state index < -0.39 is 0 Å². The van der Waals surface area contributed by atoms with Crippen LogP contribution >= 0.6 is 11.3 Å². The maximum absolute atomic E-state index is 13.0. The zero-order valence-corrected chi connectivity index (χ0v) is 18.9. The largest absolute Gasteiger partial charge is 0.385 e. The van der Waals surface area contributed by atoms with Crippen molar-refractivity contribution in [2.24, 2.45) is 11.8 Å². The maximum atomic E-state index is 13.0. The quantitative estimate of drug-likeness (QED) is 0.673. The fourth-order valence-corrected chi connectivity index (χ4v) is 5.16. The molecule has 2 unspecified atom stereocenters. The van der Waals surface area contributed by atoms with E-state index in [9.17, 15) is 14.4 Å². The Bertz CT molecular complexity index is 973. The Labute approximate surface area is 180 Å². The Morgan fingerprint density at radius 1 is 1.30 bits per heavy atom. The topological polar surface area (TPSA) is 93.5 Å². The van der Waals surface area contributed by atoms with E-state index in [0.29, 0.717) is 52.1 Å². The summed E-state index contributed by atoms with van der Waals surface area (Å²) in [5.74, 6) is 0.628. The number of likely N-dealkylation sites (tertiary alicyclic amines) is 1. The van der Waals surface area contributed by atoms with Crippen LogP contribution in [0.5, 0.6) is 0 Å². The van der Waals surface area contributed by atoms with Crippen LogP contribution in [0.3, 0.4) is 0 Å². The minimum atomic E-state index is -0.279. The van der Waals surface area contributed by atoms with Crippen molar-refractivity contribution in [2.45, 2.75) is 40.2 Å². The summed E-state index contributed by atoms with van der Waals surface area (Å²) in [5, 5.41) is 3.26. The SMILES string of the molecule is COCCCNC(=O)c1sc2ncn(CC(=O)N3CC(C)CC(C)C3)c(=O)c2c1C. The maximum Gasteiger partial charge on any atom is 0.262 e. The van der Waals surface area contributed by atoms with Crippen LogP contribution in [-0.4, -0.2) is 59.6 Å². The van der Waals surface area contributed by atoms with Gasteiger partial charge in [0.05, 0.1) is 16.6 Å². The van der Waals surface area contributed by atoms with Crippen molar-refractivity contribution >= 4 is 33.4 Å². The summed E-state index contributed by atoms with van der Waals surface area (Å²) in [6, 6.07) is 0. The Balaban J connectivity index is 1.78. The van der Waals surface area contributed by atoms with Crippen molar-refractivity contribution in [3.8, 4) is 0 Å². The van der Waals surface area contributed by atoms with Crippen LogP contribution in [-0.2, 0) is 16.1 Å². The predicted octanol–water partition coefficient (Wildman–Crippen LogP) is 2.04. The number of carbonyl (C=O) groups is 2. The van der Waals surface area contributed by atoms with Gasteiger partial charge in [-0.05, 0) is 37.2 Å². The van der Waals surface area contributed by atoms with Gasteiger partial charge >= 0.3 is 0 Å². The summed E-state index contributed by atoms with van der Waals surface area (Å²) in [4.78, 5) is 45.5. The number of rotatable bonds is 7. The van der Waals surface area contributed by atoms with Gasteiger partial charge < -0.3 is 15.0 Å². The van der Waals surface area contributed by atoms with Crippen LogP contribution in [0.25, 0.3) is 10.2 Å². The van der Waals surface area contributed by atoms with Gasteiger partial charge in [-0.25, -0.2) is 4.98 Å². The van der Waals surface area contributed by atoms with Gasteiger partial charge in [0, 0.05) is 33.4 Å². The number of aryl methyl sites for hydroxylation is 1. The highest BCUT2D eigenvalue weighted by Gasteiger charge is 2.26. The highest BCUT2D eigenvalue weighted by Crippen LogP contribution is 2.27. The highest BCUT2D eigenvalue weighted by molar-refractivity contribution is 7.20. The Kier molecular flexibility index (Phi) is 7.25. The van der Waals surface area contributed by atoms with E-state index in [4.69, 9.17) is 4.74 Å². The molecule has 1 saturated heterocycles. The monoisotopic (exact) mass is 434 g/mol. The fourth-order valence-electron chi connectivity index (χ4n) is 4.10. The van der Waals surface area contributed by atoms with E-state index in [-0.39, 0.29) is 23.9 Å². The van der Waals surface area contributed by atoms with Crippen molar-refractivity contribution < 1.29 is 14.3 Å². The fraction of sp³-hybridized carbons (Fsp3) is 0.619. The van der Waals surface area contributed by atoms with E-state index in [1.807, 2.05) is 4.90 Å². The Morgan fingerprint density at radius 2 is 2.00 bits per heavy atom. The number of carbonyl (C=O) groups excluding carboxylic acids is 2. The molecule has 2 aromatic heterocycles. The molecule has 30 heavy (non-hydrogen) atoms. The first-order valence-corrected chi connectivity index (χ1v) is 11.2. The molecule has 0 spiro atoms. The molecule has 0 aliphatic carbocycles. The van der Waals surface area contributed by atoms with E-state index in [2.05, 4.69) is 24.1 Å². The molecule has 1 aliphatic heterocycles. The number of amides is 2. The lowest BCUT2D eigenvalue weighted by atomic mass is 9.92. The molecular weight excluding hydrogens is 404 g/mol.